The zero-order valence-corrected chi connectivity index (χ0v) is 20.8. The monoisotopic (exact) mass is 552 g/mol. The number of aromatic nitrogens is 2. The van der Waals surface area contributed by atoms with E-state index in [-0.39, 0.29) is 11.3 Å². The van der Waals surface area contributed by atoms with E-state index in [1.54, 1.807) is 0 Å². The summed E-state index contributed by atoms with van der Waals surface area (Å²) in [5.74, 6) is -5.71. The molecule has 0 bridgehead atoms. The average Bonchev–Trinajstić information content (AvgIpc) is 3.09. The first-order chi connectivity index (χ1) is 18.0. The van der Waals surface area contributed by atoms with Crippen molar-refractivity contribution in [1.29, 1.82) is 0 Å². The fourth-order valence-electron chi connectivity index (χ4n) is 4.52. The molecule has 0 aliphatic carbocycles. The number of anilines is 1. The lowest BCUT2D eigenvalue weighted by molar-refractivity contribution is -0.118. The van der Waals surface area contributed by atoms with Gasteiger partial charge in [0.1, 0.15) is 23.4 Å². The second kappa shape index (κ2) is 10.8. The standard InChI is InChI=1S/C25H21ClF4N4O4/c1-12-19(20-16(27)9-15(38-2)10-17(20)28)21(32-23(35)13-3-5-14(26)6-4-13)24(36)34(12)22-25(37)33(8-7-31-22)11-18(29)30/h3-10,12,18-19,21H,11H2,1-2H3,(H,32,35)/t12-,19+,21?/m1/s1. The van der Waals surface area contributed by atoms with Crippen molar-refractivity contribution in [1.82, 2.24) is 14.9 Å². The molecule has 2 heterocycles. The maximum atomic E-state index is 15.2. The maximum Gasteiger partial charge on any atom is 0.294 e. The number of nitrogens with zero attached hydrogens (tertiary/aromatic N) is 3. The number of methoxy groups -OCH3 is 1. The van der Waals surface area contributed by atoms with Crippen LogP contribution < -0.4 is 20.5 Å². The number of benzene rings is 2. The highest BCUT2D eigenvalue weighted by Crippen LogP contribution is 2.39. The van der Waals surface area contributed by atoms with Gasteiger partial charge in [-0.15, -0.1) is 0 Å². The van der Waals surface area contributed by atoms with Crippen LogP contribution in [0, 0.1) is 11.6 Å². The van der Waals surface area contributed by atoms with Gasteiger partial charge < -0.3 is 14.6 Å². The second-order valence-electron chi connectivity index (χ2n) is 8.54. The quantitative estimate of drug-likeness (QED) is 0.451. The number of rotatable bonds is 7. The Kier molecular flexibility index (Phi) is 7.72. The molecule has 8 nitrogen and oxygen atoms in total. The summed E-state index contributed by atoms with van der Waals surface area (Å²) in [5.41, 5.74) is -1.42. The summed E-state index contributed by atoms with van der Waals surface area (Å²) in [6.07, 6.45) is -0.776. The Hall–Kier alpha value is -3.93. The molecule has 0 spiro atoms. The van der Waals surface area contributed by atoms with Crippen LogP contribution in [0.1, 0.15) is 28.8 Å². The van der Waals surface area contributed by atoms with Gasteiger partial charge in [-0.2, -0.15) is 0 Å². The van der Waals surface area contributed by atoms with E-state index in [1.807, 2.05) is 0 Å². The van der Waals surface area contributed by atoms with E-state index in [0.29, 0.717) is 9.59 Å². The summed E-state index contributed by atoms with van der Waals surface area (Å²) >= 11 is 5.87. The van der Waals surface area contributed by atoms with Crippen molar-refractivity contribution >= 4 is 29.2 Å². The second-order valence-corrected chi connectivity index (χ2v) is 8.97. The predicted octanol–water partition coefficient (Wildman–Crippen LogP) is 3.77. The summed E-state index contributed by atoms with van der Waals surface area (Å²) in [6, 6.07) is 4.85. The molecule has 1 unspecified atom stereocenters. The van der Waals surface area contributed by atoms with Crippen LogP contribution in [0.3, 0.4) is 0 Å². The van der Waals surface area contributed by atoms with Crippen LogP contribution in [-0.4, -0.2) is 47.0 Å². The van der Waals surface area contributed by atoms with Gasteiger partial charge >= 0.3 is 0 Å². The lowest BCUT2D eigenvalue weighted by Gasteiger charge is -2.25. The van der Waals surface area contributed by atoms with Crippen molar-refractivity contribution in [2.45, 2.75) is 37.9 Å². The normalized spacial score (nSPS) is 19.2. The summed E-state index contributed by atoms with van der Waals surface area (Å²) in [5, 5.41) is 2.85. The van der Waals surface area contributed by atoms with Crippen LogP contribution in [0.5, 0.6) is 5.75 Å². The Morgan fingerprint density at radius 3 is 2.37 bits per heavy atom. The fraction of sp³-hybridized carbons (Fsp3) is 0.280. The number of carbonyl (C=O) groups excluding carboxylic acids is 2. The van der Waals surface area contributed by atoms with Gasteiger partial charge in [0.05, 0.1) is 13.7 Å². The van der Waals surface area contributed by atoms with Crippen LogP contribution in [0.25, 0.3) is 0 Å². The highest BCUT2D eigenvalue weighted by molar-refractivity contribution is 6.30. The number of halogens is 5. The molecular weight excluding hydrogens is 532 g/mol. The number of carbonyl (C=O) groups is 2. The molecule has 200 valence electrons. The molecule has 1 N–H and O–H groups in total. The SMILES string of the molecule is COc1cc(F)c([C@H]2C(NC(=O)c3ccc(Cl)cc3)C(=O)N(c3nccn(CC(F)F)c3=O)[C@@H]2C)c(F)c1. The van der Waals surface area contributed by atoms with E-state index in [2.05, 4.69) is 10.3 Å². The molecule has 0 radical (unpaired) electrons. The smallest absolute Gasteiger partial charge is 0.294 e. The first-order valence-electron chi connectivity index (χ1n) is 11.3. The molecule has 1 aliphatic heterocycles. The van der Waals surface area contributed by atoms with Gasteiger partial charge in [-0.25, -0.2) is 22.5 Å². The molecule has 0 saturated carbocycles. The first kappa shape index (κ1) is 27.1. The Morgan fingerprint density at radius 2 is 1.79 bits per heavy atom. The Labute approximate surface area is 218 Å². The van der Waals surface area contributed by atoms with Gasteiger partial charge in [0.15, 0.2) is 0 Å². The van der Waals surface area contributed by atoms with Crippen molar-refractivity contribution in [2.24, 2.45) is 0 Å². The molecule has 38 heavy (non-hydrogen) atoms. The number of nitrogens with one attached hydrogen (secondary N) is 1. The Balaban J connectivity index is 1.82. The molecule has 1 saturated heterocycles. The number of hydrogen-bond acceptors (Lipinski definition) is 5. The van der Waals surface area contributed by atoms with Crippen LogP contribution in [-0.2, 0) is 11.3 Å². The maximum absolute atomic E-state index is 15.2. The van der Waals surface area contributed by atoms with E-state index in [0.717, 1.165) is 29.4 Å². The summed E-state index contributed by atoms with van der Waals surface area (Å²) in [4.78, 5) is 44.3. The molecule has 3 aromatic rings. The topological polar surface area (TPSA) is 93.5 Å². The van der Waals surface area contributed by atoms with Crippen molar-refractivity contribution < 1.29 is 31.9 Å². The summed E-state index contributed by atoms with van der Waals surface area (Å²) in [6.45, 7) is 0.457. The average molecular weight is 553 g/mol. The summed E-state index contributed by atoms with van der Waals surface area (Å²) in [7, 11) is 1.22. The van der Waals surface area contributed by atoms with Crippen LogP contribution in [0.4, 0.5) is 23.4 Å². The number of alkyl halides is 2. The molecule has 4 rings (SSSR count). The zero-order valence-electron chi connectivity index (χ0n) is 20.0. The molecule has 13 heteroatoms. The molecule has 2 aromatic carbocycles. The van der Waals surface area contributed by atoms with Crippen molar-refractivity contribution in [3.8, 4) is 5.75 Å². The highest BCUT2D eigenvalue weighted by atomic mass is 35.5. The third-order valence-corrected chi connectivity index (χ3v) is 6.51. The van der Waals surface area contributed by atoms with Crippen LogP contribution in [0.2, 0.25) is 5.02 Å². The van der Waals surface area contributed by atoms with Crippen LogP contribution >= 0.6 is 11.6 Å². The number of hydrogen-bond donors (Lipinski definition) is 1. The Morgan fingerprint density at radius 1 is 1.16 bits per heavy atom. The van der Waals surface area contributed by atoms with E-state index in [4.69, 9.17) is 16.3 Å². The number of amides is 2. The van der Waals surface area contributed by atoms with Crippen molar-refractivity contribution in [2.75, 3.05) is 12.0 Å². The van der Waals surface area contributed by atoms with Gasteiger partial charge in [0.25, 0.3) is 23.8 Å². The van der Waals surface area contributed by atoms with Gasteiger partial charge in [0.2, 0.25) is 5.82 Å². The predicted molar refractivity (Wildman–Crippen MR) is 130 cm³/mol. The van der Waals surface area contributed by atoms with Gasteiger partial charge in [-0.3, -0.25) is 19.3 Å². The number of ether oxygens (including phenoxy) is 1. The zero-order chi connectivity index (χ0) is 27.7. The molecule has 1 fully saturated rings. The third-order valence-electron chi connectivity index (χ3n) is 6.26. The molecule has 2 amide bonds. The lowest BCUT2D eigenvalue weighted by Crippen LogP contribution is -2.45. The minimum absolute atomic E-state index is 0.111. The molecule has 1 aromatic heterocycles. The van der Waals surface area contributed by atoms with Gasteiger partial charge in [0, 0.05) is 52.6 Å². The summed E-state index contributed by atoms with van der Waals surface area (Å²) < 4.78 is 61.9. The third kappa shape index (κ3) is 5.08. The van der Waals surface area contributed by atoms with Crippen molar-refractivity contribution in [3.63, 3.8) is 0 Å². The van der Waals surface area contributed by atoms with Gasteiger partial charge in [-0.1, -0.05) is 11.6 Å². The fourth-order valence-corrected chi connectivity index (χ4v) is 4.64. The van der Waals surface area contributed by atoms with E-state index in [9.17, 15) is 23.2 Å². The van der Waals surface area contributed by atoms with E-state index < -0.39 is 71.4 Å². The minimum atomic E-state index is -2.86. The van der Waals surface area contributed by atoms with Crippen LogP contribution in [0.15, 0.2) is 53.6 Å². The highest BCUT2D eigenvalue weighted by Gasteiger charge is 2.51. The molecular formula is C25H21ClF4N4O4. The minimum Gasteiger partial charge on any atom is -0.497 e. The van der Waals surface area contributed by atoms with E-state index in [1.165, 1.54) is 38.3 Å². The van der Waals surface area contributed by atoms with Gasteiger partial charge in [-0.05, 0) is 31.2 Å². The molecule has 1 aliphatic rings. The van der Waals surface area contributed by atoms with Crippen molar-refractivity contribution in [3.05, 3.63) is 86.9 Å². The first-order valence-corrected chi connectivity index (χ1v) is 11.7. The largest absolute Gasteiger partial charge is 0.497 e. The van der Waals surface area contributed by atoms with E-state index >= 15 is 8.78 Å². The Bertz CT molecular complexity index is 1410. The lowest BCUT2D eigenvalue weighted by atomic mass is 9.87. The molecule has 3 atom stereocenters.